The van der Waals surface area contributed by atoms with Crippen LogP contribution in [-0.4, -0.2) is 90.6 Å². The molecule has 2 N–H and O–H groups in total. The molecule has 1 aliphatic heterocycles. The molecule has 11 nitrogen and oxygen atoms in total. The number of halogens is 2. The Labute approximate surface area is 291 Å². The first-order valence-corrected chi connectivity index (χ1v) is 16.5. The van der Waals surface area contributed by atoms with Crippen molar-refractivity contribution < 1.29 is 32.9 Å². The van der Waals surface area contributed by atoms with Gasteiger partial charge < -0.3 is 24.6 Å². The predicted octanol–water partition coefficient (Wildman–Crippen LogP) is 6.81. The SMILES string of the molecule is COc1ccc(OC)c(C(c2c(C)cc(F)cc2C)N(C(=O)O)c2ccnc(Nc3ccc(OCCN4CCN(C(C)C)CC4)c(F)c3)n2)c1. The van der Waals surface area contributed by atoms with Crippen LogP contribution in [0.15, 0.2) is 60.8 Å². The number of aromatic nitrogens is 2. The third-order valence-corrected chi connectivity index (χ3v) is 8.91. The fourth-order valence-electron chi connectivity index (χ4n) is 6.33. The monoisotopic (exact) mass is 690 g/mol. The molecule has 1 aliphatic rings. The van der Waals surface area contributed by atoms with E-state index in [2.05, 4.69) is 38.9 Å². The molecule has 0 radical (unpaired) electrons. The number of anilines is 3. The van der Waals surface area contributed by atoms with Gasteiger partial charge in [0.2, 0.25) is 5.95 Å². The molecule has 0 saturated carbocycles. The van der Waals surface area contributed by atoms with E-state index in [1.165, 1.54) is 50.7 Å². The van der Waals surface area contributed by atoms with E-state index in [4.69, 9.17) is 14.2 Å². The average Bonchev–Trinajstić information content (AvgIpc) is 3.08. The lowest BCUT2D eigenvalue weighted by Crippen LogP contribution is -2.49. The van der Waals surface area contributed by atoms with Crippen molar-refractivity contribution in [1.29, 1.82) is 0 Å². The summed E-state index contributed by atoms with van der Waals surface area (Å²) >= 11 is 0. The third kappa shape index (κ3) is 8.40. The number of piperazine rings is 1. The third-order valence-electron chi connectivity index (χ3n) is 8.91. The van der Waals surface area contributed by atoms with Crippen molar-refractivity contribution in [3.05, 3.63) is 94.7 Å². The van der Waals surface area contributed by atoms with Gasteiger partial charge in [0.25, 0.3) is 0 Å². The van der Waals surface area contributed by atoms with Gasteiger partial charge in [-0.2, -0.15) is 4.98 Å². The summed E-state index contributed by atoms with van der Waals surface area (Å²) in [4.78, 5) is 27.7. The second kappa shape index (κ2) is 16.1. The molecular weight excluding hydrogens is 646 g/mol. The smallest absolute Gasteiger partial charge is 0.413 e. The molecule has 50 heavy (non-hydrogen) atoms. The number of carbonyl (C=O) groups is 1. The summed E-state index contributed by atoms with van der Waals surface area (Å²) in [6, 6.07) is 13.2. The van der Waals surface area contributed by atoms with E-state index in [0.717, 1.165) is 31.1 Å². The van der Waals surface area contributed by atoms with Crippen LogP contribution in [0.5, 0.6) is 17.2 Å². The van der Waals surface area contributed by atoms with Gasteiger partial charge >= 0.3 is 6.09 Å². The molecule has 1 fully saturated rings. The summed E-state index contributed by atoms with van der Waals surface area (Å²) in [5, 5.41) is 13.7. The van der Waals surface area contributed by atoms with Gasteiger partial charge in [0.05, 0.1) is 20.3 Å². The first-order chi connectivity index (χ1) is 24.0. The summed E-state index contributed by atoms with van der Waals surface area (Å²) in [6.07, 6.45) is 0.0710. The first kappa shape index (κ1) is 36.3. The molecule has 1 unspecified atom stereocenters. The number of carboxylic acid groups (broad SMARTS) is 1. The summed E-state index contributed by atoms with van der Waals surface area (Å²) in [6.45, 7) is 12.8. The van der Waals surface area contributed by atoms with E-state index in [1.807, 2.05) is 0 Å². The fourth-order valence-corrected chi connectivity index (χ4v) is 6.33. The van der Waals surface area contributed by atoms with E-state index in [0.29, 0.717) is 58.6 Å². The van der Waals surface area contributed by atoms with E-state index in [-0.39, 0.29) is 17.5 Å². The fraction of sp³-hybridized carbons (Fsp3) is 0.378. The van der Waals surface area contributed by atoms with E-state index < -0.39 is 23.8 Å². The number of methoxy groups -OCH3 is 2. The van der Waals surface area contributed by atoms with Crippen molar-refractivity contribution in [2.75, 3.05) is 63.8 Å². The quantitative estimate of drug-likeness (QED) is 0.155. The minimum absolute atomic E-state index is 0.0163. The van der Waals surface area contributed by atoms with E-state index >= 15 is 4.39 Å². The van der Waals surface area contributed by atoms with Crippen LogP contribution in [0.25, 0.3) is 0 Å². The second-order valence-electron chi connectivity index (χ2n) is 12.4. The molecule has 1 saturated heterocycles. The number of rotatable bonds is 13. The summed E-state index contributed by atoms with van der Waals surface area (Å²) in [5.41, 5.74) is 2.40. The number of benzene rings is 3. The Balaban J connectivity index is 1.39. The number of amides is 1. The molecule has 1 atom stereocenters. The van der Waals surface area contributed by atoms with Gasteiger partial charge in [-0.15, -0.1) is 0 Å². The van der Waals surface area contributed by atoms with E-state index in [9.17, 15) is 14.3 Å². The highest BCUT2D eigenvalue weighted by Crippen LogP contribution is 2.42. The molecule has 0 bridgehead atoms. The summed E-state index contributed by atoms with van der Waals surface area (Å²) in [7, 11) is 2.98. The molecule has 266 valence electrons. The van der Waals surface area contributed by atoms with Crippen molar-refractivity contribution in [1.82, 2.24) is 19.8 Å². The molecule has 5 rings (SSSR count). The zero-order chi connectivity index (χ0) is 35.9. The van der Waals surface area contributed by atoms with Crippen LogP contribution in [0.3, 0.4) is 0 Å². The number of hydrogen-bond donors (Lipinski definition) is 2. The van der Waals surface area contributed by atoms with Gasteiger partial charge in [-0.3, -0.25) is 9.80 Å². The van der Waals surface area contributed by atoms with Crippen molar-refractivity contribution in [2.24, 2.45) is 0 Å². The number of aryl methyl sites for hydroxylation is 2. The van der Waals surface area contributed by atoms with Gasteiger partial charge in [0, 0.05) is 62.3 Å². The number of hydrogen-bond acceptors (Lipinski definition) is 9. The average molecular weight is 691 g/mol. The molecule has 0 aliphatic carbocycles. The highest BCUT2D eigenvalue weighted by molar-refractivity contribution is 5.87. The Hall–Kier alpha value is -5.01. The Morgan fingerprint density at radius 2 is 1.66 bits per heavy atom. The van der Waals surface area contributed by atoms with E-state index in [1.54, 1.807) is 38.1 Å². The van der Waals surface area contributed by atoms with Crippen molar-refractivity contribution in [3.8, 4) is 17.2 Å². The lowest BCUT2D eigenvalue weighted by atomic mass is 9.89. The molecule has 1 aromatic heterocycles. The normalized spacial score (nSPS) is 14.3. The van der Waals surface area contributed by atoms with Crippen LogP contribution in [0.4, 0.5) is 31.0 Å². The number of ether oxygens (including phenoxy) is 3. The molecule has 1 amide bonds. The van der Waals surface area contributed by atoms with Gasteiger partial charge in [0.15, 0.2) is 11.6 Å². The maximum Gasteiger partial charge on any atom is 0.413 e. The molecular formula is C37H44F2N6O5. The highest BCUT2D eigenvalue weighted by Gasteiger charge is 2.34. The topological polar surface area (TPSA) is 113 Å². The largest absolute Gasteiger partial charge is 0.497 e. The van der Waals surface area contributed by atoms with Gasteiger partial charge in [0.1, 0.15) is 29.7 Å². The molecule has 4 aromatic rings. The molecule has 0 spiro atoms. The molecule has 13 heteroatoms. The zero-order valence-corrected chi connectivity index (χ0v) is 29.2. The van der Waals surface area contributed by atoms with Crippen LogP contribution < -0.4 is 24.4 Å². The Morgan fingerprint density at radius 1 is 0.960 bits per heavy atom. The Morgan fingerprint density at radius 3 is 2.28 bits per heavy atom. The molecule has 2 heterocycles. The van der Waals surface area contributed by atoms with Crippen LogP contribution in [0, 0.1) is 25.5 Å². The minimum Gasteiger partial charge on any atom is -0.497 e. The standard InChI is InChI=1S/C37H44F2N6O5/c1-23(2)44-15-13-43(14-16-44)17-18-50-32-9-7-27(21-30(32)39)41-36-40-12-11-33(42-36)45(37(46)47)35(34-24(3)19-26(38)20-25(34)4)29-22-28(48-5)8-10-31(29)49-6/h7-12,19-23,35H,13-18H2,1-6H3,(H,46,47)(H,40,41,42). The van der Waals surface area contributed by atoms with Crippen LogP contribution >= 0.6 is 0 Å². The maximum atomic E-state index is 15.1. The van der Waals surface area contributed by atoms with Crippen molar-refractivity contribution >= 4 is 23.5 Å². The number of nitrogens with one attached hydrogen (secondary N) is 1. The minimum atomic E-state index is -1.33. The highest BCUT2D eigenvalue weighted by atomic mass is 19.1. The first-order valence-electron chi connectivity index (χ1n) is 16.5. The van der Waals surface area contributed by atoms with Gasteiger partial charge in [-0.25, -0.2) is 23.5 Å². The lowest BCUT2D eigenvalue weighted by Gasteiger charge is -2.36. The summed E-state index contributed by atoms with van der Waals surface area (Å²) < 4.78 is 46.5. The summed E-state index contributed by atoms with van der Waals surface area (Å²) in [5.74, 6) is 0.0356. The predicted molar refractivity (Wildman–Crippen MR) is 188 cm³/mol. The van der Waals surface area contributed by atoms with Gasteiger partial charge in [-0.05, 0) is 92.9 Å². The van der Waals surface area contributed by atoms with Crippen LogP contribution in [-0.2, 0) is 0 Å². The molecule has 3 aromatic carbocycles. The van der Waals surface area contributed by atoms with Gasteiger partial charge in [-0.1, -0.05) is 0 Å². The lowest BCUT2D eigenvalue weighted by molar-refractivity contribution is 0.0965. The number of nitrogens with zero attached hydrogens (tertiary/aromatic N) is 5. The second-order valence-corrected chi connectivity index (χ2v) is 12.4. The van der Waals surface area contributed by atoms with Crippen LogP contribution in [0.2, 0.25) is 0 Å². The maximum absolute atomic E-state index is 15.1. The van der Waals surface area contributed by atoms with Crippen molar-refractivity contribution in [3.63, 3.8) is 0 Å². The zero-order valence-electron chi connectivity index (χ0n) is 29.2. The van der Waals surface area contributed by atoms with Crippen LogP contribution in [0.1, 0.15) is 42.1 Å². The van der Waals surface area contributed by atoms with Crippen molar-refractivity contribution in [2.45, 2.75) is 39.8 Å². The Bertz CT molecular complexity index is 1780. The Kier molecular flexibility index (Phi) is 11.7.